The summed E-state index contributed by atoms with van der Waals surface area (Å²) < 4.78 is 4.90. The molecule has 0 amide bonds. The molecule has 1 rings (SSSR count). The smallest absolute Gasteiger partial charge is 0.310 e. The number of benzene rings is 1. The molecule has 0 aliphatic carbocycles. The Bertz CT molecular complexity index is 421. The van der Waals surface area contributed by atoms with Crippen molar-refractivity contribution >= 4 is 11.8 Å². The van der Waals surface area contributed by atoms with Gasteiger partial charge in [-0.1, -0.05) is 23.8 Å². The van der Waals surface area contributed by atoms with Crippen molar-refractivity contribution in [1.29, 1.82) is 0 Å². The van der Waals surface area contributed by atoms with Crippen molar-refractivity contribution in [2.24, 2.45) is 0 Å². The zero-order valence-corrected chi connectivity index (χ0v) is 10.6. The molecule has 0 bridgehead atoms. The Morgan fingerprint density at radius 3 is 2.24 bits per heavy atom. The molecule has 17 heavy (non-hydrogen) atoms. The lowest BCUT2D eigenvalue weighted by Crippen LogP contribution is -2.08. The van der Waals surface area contributed by atoms with E-state index in [-0.39, 0.29) is 18.2 Å². The first kappa shape index (κ1) is 13.4. The van der Waals surface area contributed by atoms with E-state index >= 15 is 0 Å². The van der Waals surface area contributed by atoms with Crippen LogP contribution < -0.4 is 0 Å². The Morgan fingerprint density at radius 2 is 1.71 bits per heavy atom. The zero-order chi connectivity index (χ0) is 12.8. The predicted octanol–water partition coefficient (Wildman–Crippen LogP) is 2.23. The SMILES string of the molecule is CCOC(=O)Cc1cc(C)cc(CC(C)=O)c1. The molecule has 92 valence electrons. The van der Waals surface area contributed by atoms with Gasteiger partial charge in [-0.2, -0.15) is 0 Å². The second-order valence-corrected chi connectivity index (χ2v) is 4.19. The highest BCUT2D eigenvalue weighted by atomic mass is 16.5. The highest BCUT2D eigenvalue weighted by Gasteiger charge is 2.06. The van der Waals surface area contributed by atoms with Crippen molar-refractivity contribution in [3.8, 4) is 0 Å². The van der Waals surface area contributed by atoms with Crippen LogP contribution in [0.2, 0.25) is 0 Å². The topological polar surface area (TPSA) is 43.4 Å². The van der Waals surface area contributed by atoms with E-state index in [1.165, 1.54) is 0 Å². The molecule has 0 spiro atoms. The van der Waals surface area contributed by atoms with Gasteiger partial charge in [0.2, 0.25) is 0 Å². The molecule has 1 aromatic carbocycles. The van der Waals surface area contributed by atoms with Crippen molar-refractivity contribution in [3.05, 3.63) is 34.9 Å². The molecular formula is C14H18O3. The normalized spacial score (nSPS) is 10.1. The minimum absolute atomic E-state index is 0.123. The molecule has 3 nitrogen and oxygen atoms in total. The molecule has 0 heterocycles. The number of carbonyl (C=O) groups is 2. The van der Waals surface area contributed by atoms with Gasteiger partial charge in [0.25, 0.3) is 0 Å². The number of hydrogen-bond donors (Lipinski definition) is 0. The molecular weight excluding hydrogens is 216 g/mol. The fourth-order valence-electron chi connectivity index (χ4n) is 1.82. The minimum Gasteiger partial charge on any atom is -0.466 e. The van der Waals surface area contributed by atoms with E-state index < -0.39 is 0 Å². The molecule has 0 N–H and O–H groups in total. The first-order valence-corrected chi connectivity index (χ1v) is 5.75. The van der Waals surface area contributed by atoms with Crippen LogP contribution in [0.1, 0.15) is 30.5 Å². The zero-order valence-electron chi connectivity index (χ0n) is 10.6. The van der Waals surface area contributed by atoms with Gasteiger partial charge in [-0.3, -0.25) is 9.59 Å². The predicted molar refractivity (Wildman–Crippen MR) is 65.9 cm³/mol. The van der Waals surface area contributed by atoms with Crippen LogP contribution in [0.25, 0.3) is 0 Å². The first-order valence-electron chi connectivity index (χ1n) is 5.75. The molecule has 0 fully saturated rings. The quantitative estimate of drug-likeness (QED) is 0.734. The van der Waals surface area contributed by atoms with E-state index in [0.717, 1.165) is 16.7 Å². The van der Waals surface area contributed by atoms with E-state index in [4.69, 9.17) is 4.74 Å². The fraction of sp³-hybridized carbons (Fsp3) is 0.429. The summed E-state index contributed by atoms with van der Waals surface area (Å²) in [6, 6.07) is 5.81. The number of Topliss-reactive ketones (excluding diaryl/α,β-unsaturated/α-hetero) is 1. The van der Waals surface area contributed by atoms with E-state index in [1.54, 1.807) is 13.8 Å². The third kappa shape index (κ3) is 4.81. The molecule has 0 unspecified atom stereocenters. The monoisotopic (exact) mass is 234 g/mol. The van der Waals surface area contributed by atoms with Crippen molar-refractivity contribution in [2.75, 3.05) is 6.61 Å². The number of ketones is 1. The van der Waals surface area contributed by atoms with Crippen molar-refractivity contribution in [2.45, 2.75) is 33.6 Å². The van der Waals surface area contributed by atoms with Gasteiger partial charge in [-0.25, -0.2) is 0 Å². The van der Waals surface area contributed by atoms with E-state index in [1.807, 2.05) is 25.1 Å². The minimum atomic E-state index is -0.230. The number of rotatable bonds is 5. The van der Waals surface area contributed by atoms with Gasteiger partial charge in [0, 0.05) is 6.42 Å². The lowest BCUT2D eigenvalue weighted by atomic mass is 10.0. The summed E-state index contributed by atoms with van der Waals surface area (Å²) in [5.41, 5.74) is 2.92. The molecule has 0 aliphatic heterocycles. The molecule has 0 atom stereocenters. The Morgan fingerprint density at radius 1 is 1.12 bits per heavy atom. The summed E-state index contributed by atoms with van der Waals surface area (Å²) >= 11 is 0. The largest absolute Gasteiger partial charge is 0.466 e. The van der Waals surface area contributed by atoms with Crippen molar-refractivity contribution < 1.29 is 14.3 Å². The van der Waals surface area contributed by atoms with Crippen LogP contribution in [0.15, 0.2) is 18.2 Å². The van der Waals surface area contributed by atoms with Crippen LogP contribution in [0, 0.1) is 6.92 Å². The second-order valence-electron chi connectivity index (χ2n) is 4.19. The van der Waals surface area contributed by atoms with Crippen LogP contribution >= 0.6 is 0 Å². The molecule has 0 radical (unpaired) electrons. The number of hydrogen-bond acceptors (Lipinski definition) is 3. The average Bonchev–Trinajstić information content (AvgIpc) is 2.14. The number of esters is 1. The summed E-state index contributed by atoms with van der Waals surface area (Å²) in [6.07, 6.45) is 0.679. The van der Waals surface area contributed by atoms with Gasteiger partial charge in [0.1, 0.15) is 5.78 Å². The summed E-state index contributed by atoms with van der Waals surface area (Å²) in [5, 5.41) is 0. The molecule has 1 aromatic rings. The maximum absolute atomic E-state index is 11.4. The van der Waals surface area contributed by atoms with Gasteiger partial charge in [0.15, 0.2) is 0 Å². The highest BCUT2D eigenvalue weighted by molar-refractivity contribution is 5.78. The maximum Gasteiger partial charge on any atom is 0.310 e. The third-order valence-electron chi connectivity index (χ3n) is 2.30. The standard InChI is InChI=1S/C14H18O3/c1-4-17-14(16)9-13-6-10(2)5-12(8-13)7-11(3)15/h5-6,8H,4,7,9H2,1-3H3. The van der Waals surface area contributed by atoms with Crippen molar-refractivity contribution in [1.82, 2.24) is 0 Å². The fourth-order valence-corrected chi connectivity index (χ4v) is 1.82. The molecule has 0 saturated carbocycles. The van der Waals surface area contributed by atoms with E-state index in [0.29, 0.717) is 13.0 Å². The first-order chi connectivity index (χ1) is 8.01. The van der Waals surface area contributed by atoms with Gasteiger partial charge >= 0.3 is 5.97 Å². The molecule has 0 aliphatic rings. The van der Waals surface area contributed by atoms with E-state index in [9.17, 15) is 9.59 Å². The number of carbonyl (C=O) groups excluding carboxylic acids is 2. The van der Waals surface area contributed by atoms with Crippen LogP contribution in [-0.4, -0.2) is 18.4 Å². The highest BCUT2D eigenvalue weighted by Crippen LogP contribution is 2.12. The Labute approximate surface area is 102 Å². The summed E-state index contributed by atoms with van der Waals surface area (Å²) in [6.45, 7) is 5.70. The van der Waals surface area contributed by atoms with Crippen LogP contribution in [0.3, 0.4) is 0 Å². The van der Waals surface area contributed by atoms with Gasteiger partial charge in [0.05, 0.1) is 13.0 Å². The summed E-state index contributed by atoms with van der Waals surface area (Å²) in [7, 11) is 0. The maximum atomic E-state index is 11.4. The van der Waals surface area contributed by atoms with Gasteiger partial charge in [-0.15, -0.1) is 0 Å². The summed E-state index contributed by atoms with van der Waals surface area (Å²) in [5.74, 6) is -0.107. The lowest BCUT2D eigenvalue weighted by molar-refractivity contribution is -0.142. The van der Waals surface area contributed by atoms with Crippen LogP contribution in [0.5, 0.6) is 0 Å². The lowest BCUT2D eigenvalue weighted by Gasteiger charge is -2.06. The van der Waals surface area contributed by atoms with Crippen LogP contribution in [0.4, 0.5) is 0 Å². The Hall–Kier alpha value is -1.64. The number of ether oxygens (including phenoxy) is 1. The molecule has 0 saturated heterocycles. The Balaban J connectivity index is 2.81. The average molecular weight is 234 g/mol. The number of aryl methyl sites for hydroxylation is 1. The van der Waals surface area contributed by atoms with Crippen LogP contribution in [-0.2, 0) is 27.2 Å². The molecule has 0 aromatic heterocycles. The second kappa shape index (κ2) is 6.18. The van der Waals surface area contributed by atoms with Gasteiger partial charge < -0.3 is 4.74 Å². The van der Waals surface area contributed by atoms with Crippen molar-refractivity contribution in [3.63, 3.8) is 0 Å². The van der Waals surface area contributed by atoms with Gasteiger partial charge in [-0.05, 0) is 31.9 Å². The van der Waals surface area contributed by atoms with E-state index in [2.05, 4.69) is 0 Å². The summed E-state index contributed by atoms with van der Waals surface area (Å²) in [4.78, 5) is 22.4. The third-order valence-corrected chi connectivity index (χ3v) is 2.30. The molecule has 3 heteroatoms. The Kier molecular flexibility index (Phi) is 4.88.